The first-order chi connectivity index (χ1) is 11.9. The molecule has 3 aromatic rings. The second-order valence-electron chi connectivity index (χ2n) is 7.27. The van der Waals surface area contributed by atoms with Crippen LogP contribution >= 0.6 is 11.5 Å². The maximum atomic E-state index is 12.8. The van der Waals surface area contributed by atoms with Crippen LogP contribution in [0.1, 0.15) is 47.4 Å². The minimum absolute atomic E-state index is 0.0220. The first kappa shape index (κ1) is 16.0. The number of nitrogens with zero attached hydrogens (tertiary/aromatic N) is 6. The van der Waals surface area contributed by atoms with Crippen molar-refractivity contribution in [1.82, 2.24) is 28.8 Å². The molecule has 1 aliphatic heterocycles. The molecule has 0 radical (unpaired) electrons. The van der Waals surface area contributed by atoms with E-state index in [1.54, 1.807) is 0 Å². The average molecular weight is 356 g/mol. The van der Waals surface area contributed by atoms with E-state index in [1.165, 1.54) is 0 Å². The Kier molecular flexibility index (Phi) is 3.54. The molecule has 7 nitrogen and oxygen atoms in total. The van der Waals surface area contributed by atoms with Gasteiger partial charge in [-0.3, -0.25) is 4.79 Å². The first-order valence-electron chi connectivity index (χ1n) is 8.19. The zero-order valence-electron chi connectivity index (χ0n) is 14.7. The normalized spacial score (nSPS) is 14.2. The highest BCUT2D eigenvalue weighted by molar-refractivity contribution is 7.07. The van der Waals surface area contributed by atoms with Gasteiger partial charge < -0.3 is 9.47 Å². The van der Waals surface area contributed by atoms with Crippen LogP contribution in [0.25, 0.3) is 5.82 Å². The number of carbonyl (C=O) groups is 1. The fraction of sp³-hybridized carbons (Fsp3) is 0.412. The van der Waals surface area contributed by atoms with Gasteiger partial charge in [0.05, 0.1) is 30.0 Å². The lowest BCUT2D eigenvalue weighted by molar-refractivity contribution is 0.0752. The van der Waals surface area contributed by atoms with Gasteiger partial charge in [-0.15, -0.1) is 5.10 Å². The van der Waals surface area contributed by atoms with E-state index in [1.807, 2.05) is 36.4 Å². The van der Waals surface area contributed by atoms with Crippen LogP contribution in [0.2, 0.25) is 0 Å². The minimum atomic E-state index is -0.142. The van der Waals surface area contributed by atoms with Gasteiger partial charge in [0.25, 0.3) is 5.91 Å². The van der Waals surface area contributed by atoms with Crippen LogP contribution in [0.3, 0.4) is 0 Å². The highest BCUT2D eigenvalue weighted by Gasteiger charge is 2.34. The SMILES string of the molecule is Cc1nnsc1C(=O)N1Cc2nn(C(C)(C)C)c(-n3cccc3)c2C1. The lowest BCUT2D eigenvalue weighted by Gasteiger charge is -2.24. The van der Waals surface area contributed by atoms with Crippen LogP contribution in [-0.4, -0.2) is 34.7 Å². The van der Waals surface area contributed by atoms with Crippen LogP contribution < -0.4 is 0 Å². The molecule has 0 saturated carbocycles. The topological polar surface area (TPSA) is 68.8 Å². The Balaban J connectivity index is 1.73. The number of amides is 1. The van der Waals surface area contributed by atoms with E-state index < -0.39 is 0 Å². The van der Waals surface area contributed by atoms with Crippen molar-refractivity contribution < 1.29 is 4.79 Å². The van der Waals surface area contributed by atoms with E-state index in [0.29, 0.717) is 23.7 Å². The third-order valence-electron chi connectivity index (χ3n) is 4.35. The van der Waals surface area contributed by atoms with Crippen molar-refractivity contribution in [2.45, 2.75) is 46.3 Å². The number of carbonyl (C=O) groups excluding carboxylic acids is 1. The van der Waals surface area contributed by atoms with Gasteiger partial charge in [-0.1, -0.05) is 4.49 Å². The predicted octanol–water partition coefficient (Wildman–Crippen LogP) is 2.74. The molecule has 1 aliphatic rings. The summed E-state index contributed by atoms with van der Waals surface area (Å²) in [5.74, 6) is 1.01. The van der Waals surface area contributed by atoms with E-state index in [0.717, 1.165) is 28.6 Å². The van der Waals surface area contributed by atoms with Crippen LogP contribution in [0.4, 0.5) is 0 Å². The Morgan fingerprint density at radius 1 is 1.20 bits per heavy atom. The van der Waals surface area contributed by atoms with Crippen molar-refractivity contribution in [1.29, 1.82) is 0 Å². The molecule has 0 fully saturated rings. The Morgan fingerprint density at radius 2 is 1.92 bits per heavy atom. The Bertz CT molecular complexity index is 931. The minimum Gasteiger partial charge on any atom is -0.327 e. The van der Waals surface area contributed by atoms with Gasteiger partial charge in [-0.25, -0.2) is 4.68 Å². The Hall–Kier alpha value is -2.48. The number of aromatic nitrogens is 5. The fourth-order valence-corrected chi connectivity index (χ4v) is 3.75. The third kappa shape index (κ3) is 2.57. The van der Waals surface area contributed by atoms with Crippen molar-refractivity contribution in [3.8, 4) is 5.82 Å². The summed E-state index contributed by atoms with van der Waals surface area (Å²) < 4.78 is 8.00. The summed E-state index contributed by atoms with van der Waals surface area (Å²) in [5, 5.41) is 8.78. The summed E-state index contributed by atoms with van der Waals surface area (Å²) in [6.45, 7) is 9.29. The second kappa shape index (κ2) is 5.52. The fourth-order valence-electron chi connectivity index (χ4n) is 3.13. The first-order valence-corrected chi connectivity index (χ1v) is 8.96. The molecule has 0 N–H and O–H groups in total. The number of hydrogen-bond donors (Lipinski definition) is 0. The molecule has 4 heterocycles. The summed E-state index contributed by atoms with van der Waals surface area (Å²) in [5.41, 5.74) is 2.61. The van der Waals surface area contributed by atoms with E-state index in [9.17, 15) is 4.79 Å². The quantitative estimate of drug-likeness (QED) is 0.708. The molecule has 130 valence electrons. The number of rotatable bonds is 2. The van der Waals surface area contributed by atoms with Crippen LogP contribution in [0, 0.1) is 6.92 Å². The lowest BCUT2D eigenvalue weighted by Crippen LogP contribution is -2.29. The number of hydrogen-bond acceptors (Lipinski definition) is 5. The second-order valence-corrected chi connectivity index (χ2v) is 8.02. The molecular formula is C17H20N6OS. The van der Waals surface area contributed by atoms with E-state index in [2.05, 4.69) is 39.6 Å². The summed E-state index contributed by atoms with van der Waals surface area (Å²) in [6.07, 6.45) is 4.03. The number of fused-ring (bicyclic) bond motifs is 1. The monoisotopic (exact) mass is 356 g/mol. The third-order valence-corrected chi connectivity index (χ3v) is 5.16. The maximum absolute atomic E-state index is 12.8. The molecular weight excluding hydrogens is 336 g/mol. The highest BCUT2D eigenvalue weighted by atomic mass is 32.1. The molecule has 0 saturated heterocycles. The van der Waals surface area contributed by atoms with Crippen LogP contribution in [0.5, 0.6) is 0 Å². The molecule has 0 unspecified atom stereocenters. The molecule has 0 atom stereocenters. The van der Waals surface area contributed by atoms with Crippen molar-refractivity contribution >= 4 is 17.4 Å². The summed E-state index contributed by atoms with van der Waals surface area (Å²) in [6, 6.07) is 3.99. The van der Waals surface area contributed by atoms with Gasteiger partial charge in [-0.2, -0.15) is 5.10 Å². The summed E-state index contributed by atoms with van der Waals surface area (Å²) in [7, 11) is 0. The lowest BCUT2D eigenvalue weighted by atomic mass is 10.1. The van der Waals surface area contributed by atoms with E-state index in [4.69, 9.17) is 5.10 Å². The Labute approximate surface area is 150 Å². The molecule has 0 aliphatic carbocycles. The zero-order chi connectivity index (χ0) is 17.8. The molecule has 3 aromatic heterocycles. The van der Waals surface area contributed by atoms with Crippen LogP contribution in [-0.2, 0) is 18.6 Å². The highest BCUT2D eigenvalue weighted by Crippen LogP contribution is 2.33. The molecule has 8 heteroatoms. The van der Waals surface area contributed by atoms with Gasteiger partial charge in [-0.05, 0) is 51.4 Å². The Morgan fingerprint density at radius 3 is 2.52 bits per heavy atom. The molecule has 25 heavy (non-hydrogen) atoms. The molecule has 4 rings (SSSR count). The maximum Gasteiger partial charge on any atom is 0.268 e. The van der Waals surface area contributed by atoms with Gasteiger partial charge in [0.2, 0.25) is 0 Å². The van der Waals surface area contributed by atoms with E-state index in [-0.39, 0.29) is 11.4 Å². The van der Waals surface area contributed by atoms with Crippen molar-refractivity contribution in [2.75, 3.05) is 0 Å². The summed E-state index contributed by atoms with van der Waals surface area (Å²) >= 11 is 1.15. The summed E-state index contributed by atoms with van der Waals surface area (Å²) in [4.78, 5) is 15.2. The zero-order valence-corrected chi connectivity index (χ0v) is 15.5. The number of aryl methyl sites for hydroxylation is 1. The molecule has 0 bridgehead atoms. The molecule has 0 spiro atoms. The van der Waals surface area contributed by atoms with Gasteiger partial charge in [0.15, 0.2) is 0 Å². The largest absolute Gasteiger partial charge is 0.327 e. The van der Waals surface area contributed by atoms with Crippen molar-refractivity contribution in [3.05, 3.63) is 46.4 Å². The van der Waals surface area contributed by atoms with Crippen LogP contribution in [0.15, 0.2) is 24.5 Å². The van der Waals surface area contributed by atoms with Gasteiger partial charge >= 0.3 is 0 Å². The smallest absolute Gasteiger partial charge is 0.268 e. The van der Waals surface area contributed by atoms with Gasteiger partial charge in [0, 0.05) is 18.0 Å². The molecule has 0 aromatic carbocycles. The average Bonchev–Trinajstić information content (AvgIpc) is 3.28. The standard InChI is InChI=1S/C17H20N6OS/c1-11-14(25-20-18-11)16(24)22-9-12-13(10-22)19-23(17(2,3)4)15(12)21-7-5-6-8-21/h5-8H,9-10H2,1-4H3. The predicted molar refractivity (Wildman–Crippen MR) is 94.8 cm³/mol. The van der Waals surface area contributed by atoms with Crippen molar-refractivity contribution in [3.63, 3.8) is 0 Å². The van der Waals surface area contributed by atoms with Gasteiger partial charge in [0.1, 0.15) is 10.7 Å². The molecule has 1 amide bonds. The van der Waals surface area contributed by atoms with Crippen molar-refractivity contribution in [2.24, 2.45) is 0 Å². The van der Waals surface area contributed by atoms with E-state index >= 15 is 0 Å².